The summed E-state index contributed by atoms with van der Waals surface area (Å²) in [5.41, 5.74) is 2.16. The number of aromatic nitrogens is 1. The first-order valence-corrected chi connectivity index (χ1v) is 7.25. The van der Waals surface area contributed by atoms with Crippen molar-refractivity contribution in [1.29, 1.82) is 0 Å². The summed E-state index contributed by atoms with van der Waals surface area (Å²) in [6.07, 6.45) is 1.93. The van der Waals surface area contributed by atoms with E-state index in [9.17, 15) is 0 Å². The molecular formula is C14H10Cl2N2S. The minimum absolute atomic E-state index is 0.642. The Morgan fingerprint density at radius 1 is 1.00 bits per heavy atom. The zero-order valence-corrected chi connectivity index (χ0v) is 12.1. The molecule has 0 aliphatic rings. The predicted octanol–water partition coefficient (Wildman–Crippen LogP) is 5.59. The lowest BCUT2D eigenvalue weighted by atomic mass is 10.2. The van der Waals surface area contributed by atoms with E-state index in [0.29, 0.717) is 10.0 Å². The van der Waals surface area contributed by atoms with Crippen molar-refractivity contribution in [3.05, 3.63) is 58.7 Å². The summed E-state index contributed by atoms with van der Waals surface area (Å²) in [7, 11) is 0. The monoisotopic (exact) mass is 308 g/mol. The number of rotatable bonds is 3. The topological polar surface area (TPSA) is 27.8 Å². The molecule has 1 aromatic heterocycles. The minimum atomic E-state index is 0.642. The van der Waals surface area contributed by atoms with Gasteiger partial charge < -0.3 is 9.71 Å². The number of fused-ring (bicyclic) bond motifs is 1. The lowest BCUT2D eigenvalue weighted by Crippen LogP contribution is -1.87. The van der Waals surface area contributed by atoms with Crippen LogP contribution in [0.25, 0.3) is 10.9 Å². The molecule has 19 heavy (non-hydrogen) atoms. The maximum absolute atomic E-state index is 6.12. The van der Waals surface area contributed by atoms with E-state index >= 15 is 0 Å². The van der Waals surface area contributed by atoms with Crippen molar-refractivity contribution < 1.29 is 0 Å². The van der Waals surface area contributed by atoms with Gasteiger partial charge in [-0.2, -0.15) is 0 Å². The Balaban J connectivity index is 1.77. The summed E-state index contributed by atoms with van der Waals surface area (Å²) in [6, 6.07) is 13.7. The van der Waals surface area contributed by atoms with Gasteiger partial charge in [0, 0.05) is 32.7 Å². The summed E-state index contributed by atoms with van der Waals surface area (Å²) in [4.78, 5) is 4.11. The highest BCUT2D eigenvalue weighted by Crippen LogP contribution is 2.31. The van der Waals surface area contributed by atoms with Gasteiger partial charge in [0.15, 0.2) is 0 Å². The largest absolute Gasteiger partial charge is 0.361 e. The lowest BCUT2D eigenvalue weighted by Gasteiger charge is -2.07. The van der Waals surface area contributed by atoms with Crippen molar-refractivity contribution in [1.82, 2.24) is 4.98 Å². The van der Waals surface area contributed by atoms with Crippen LogP contribution in [-0.2, 0) is 0 Å². The Morgan fingerprint density at radius 3 is 2.74 bits per heavy atom. The third-order valence-electron chi connectivity index (χ3n) is 2.73. The fourth-order valence-electron chi connectivity index (χ4n) is 1.79. The molecule has 2 nitrogen and oxygen atoms in total. The number of hydrogen-bond donors (Lipinski definition) is 2. The number of H-pyrrole nitrogens is 1. The summed E-state index contributed by atoms with van der Waals surface area (Å²) in [6.45, 7) is 0. The molecule has 0 aliphatic heterocycles. The van der Waals surface area contributed by atoms with E-state index in [1.807, 2.05) is 36.5 Å². The fourth-order valence-corrected chi connectivity index (χ4v) is 2.96. The molecule has 2 aromatic carbocycles. The summed E-state index contributed by atoms with van der Waals surface area (Å²) >= 11 is 13.5. The first-order chi connectivity index (χ1) is 9.22. The van der Waals surface area contributed by atoms with Gasteiger partial charge in [-0.25, -0.2) is 0 Å². The van der Waals surface area contributed by atoms with E-state index in [0.717, 1.165) is 16.1 Å². The Labute approximate surface area is 125 Å². The molecule has 2 N–H and O–H groups in total. The second kappa shape index (κ2) is 5.37. The maximum Gasteiger partial charge on any atom is 0.0574 e. The molecule has 0 fully saturated rings. The number of nitrogens with one attached hydrogen (secondary N) is 2. The van der Waals surface area contributed by atoms with Gasteiger partial charge in [-0.05, 0) is 54.4 Å². The molecule has 0 bridgehead atoms. The van der Waals surface area contributed by atoms with E-state index < -0.39 is 0 Å². The molecule has 0 atom stereocenters. The zero-order chi connectivity index (χ0) is 13.2. The van der Waals surface area contributed by atoms with Gasteiger partial charge in [0.1, 0.15) is 0 Å². The van der Waals surface area contributed by atoms with Crippen LogP contribution >= 0.6 is 35.1 Å². The standard InChI is InChI=1S/C14H10Cl2N2S/c15-10-1-4-14(12(16)8-10)19-18-11-2-3-13-9(7-11)5-6-17-13/h1-8,17-18H. The molecule has 96 valence electrons. The first-order valence-electron chi connectivity index (χ1n) is 5.67. The molecule has 0 unspecified atom stereocenters. The van der Waals surface area contributed by atoms with Crippen LogP contribution in [0.2, 0.25) is 10.0 Å². The zero-order valence-electron chi connectivity index (χ0n) is 9.78. The molecule has 3 aromatic rings. The van der Waals surface area contributed by atoms with Crippen molar-refractivity contribution in [3.8, 4) is 0 Å². The van der Waals surface area contributed by atoms with Gasteiger partial charge >= 0.3 is 0 Å². The van der Waals surface area contributed by atoms with E-state index in [1.54, 1.807) is 6.07 Å². The van der Waals surface area contributed by atoms with Crippen molar-refractivity contribution in [3.63, 3.8) is 0 Å². The SMILES string of the molecule is Clc1ccc(SNc2ccc3[nH]ccc3c2)c(Cl)c1. The predicted molar refractivity (Wildman–Crippen MR) is 84.2 cm³/mol. The van der Waals surface area contributed by atoms with Crippen LogP contribution in [0.15, 0.2) is 53.6 Å². The molecular weight excluding hydrogens is 299 g/mol. The third kappa shape index (κ3) is 2.84. The average Bonchev–Trinajstić information content (AvgIpc) is 2.85. The fraction of sp³-hybridized carbons (Fsp3) is 0. The Bertz CT molecular complexity index is 724. The second-order valence-electron chi connectivity index (χ2n) is 4.06. The number of aromatic amines is 1. The highest BCUT2D eigenvalue weighted by Gasteiger charge is 2.03. The van der Waals surface area contributed by atoms with Gasteiger partial charge in [-0.1, -0.05) is 23.2 Å². The van der Waals surface area contributed by atoms with Crippen molar-refractivity contribution >= 4 is 51.7 Å². The lowest BCUT2D eigenvalue weighted by molar-refractivity contribution is 1.46. The third-order valence-corrected chi connectivity index (χ3v) is 4.30. The molecule has 1 heterocycles. The molecule has 0 amide bonds. The number of hydrogen-bond acceptors (Lipinski definition) is 2. The van der Waals surface area contributed by atoms with Gasteiger partial charge in [0.2, 0.25) is 0 Å². The van der Waals surface area contributed by atoms with Crippen LogP contribution in [0.5, 0.6) is 0 Å². The van der Waals surface area contributed by atoms with Gasteiger partial charge in [-0.3, -0.25) is 0 Å². The number of anilines is 1. The van der Waals surface area contributed by atoms with Crippen LogP contribution < -0.4 is 4.72 Å². The molecule has 0 spiro atoms. The van der Waals surface area contributed by atoms with E-state index in [-0.39, 0.29) is 0 Å². The van der Waals surface area contributed by atoms with E-state index in [4.69, 9.17) is 23.2 Å². The van der Waals surface area contributed by atoms with Crippen molar-refractivity contribution in [2.24, 2.45) is 0 Å². The quantitative estimate of drug-likeness (QED) is 0.617. The van der Waals surface area contributed by atoms with Crippen LogP contribution in [0.3, 0.4) is 0 Å². The summed E-state index contributed by atoms with van der Waals surface area (Å²) in [5, 5.41) is 2.46. The van der Waals surface area contributed by atoms with Crippen molar-refractivity contribution in [2.45, 2.75) is 4.90 Å². The molecule has 5 heteroatoms. The molecule has 0 radical (unpaired) electrons. The normalized spacial score (nSPS) is 10.8. The van der Waals surface area contributed by atoms with Crippen LogP contribution in [-0.4, -0.2) is 4.98 Å². The minimum Gasteiger partial charge on any atom is -0.361 e. The number of halogens is 2. The summed E-state index contributed by atoms with van der Waals surface area (Å²) < 4.78 is 3.28. The number of benzene rings is 2. The smallest absolute Gasteiger partial charge is 0.0574 e. The van der Waals surface area contributed by atoms with E-state index in [1.165, 1.54) is 17.3 Å². The van der Waals surface area contributed by atoms with Gasteiger partial charge in [0.25, 0.3) is 0 Å². The molecule has 3 rings (SSSR count). The van der Waals surface area contributed by atoms with Crippen LogP contribution in [0, 0.1) is 0 Å². The molecule has 0 aliphatic carbocycles. The highest BCUT2D eigenvalue weighted by molar-refractivity contribution is 8.00. The maximum atomic E-state index is 6.12. The van der Waals surface area contributed by atoms with Gasteiger partial charge in [0.05, 0.1) is 5.02 Å². The van der Waals surface area contributed by atoms with E-state index in [2.05, 4.69) is 15.8 Å². The Morgan fingerprint density at radius 2 is 1.89 bits per heavy atom. The first kappa shape index (κ1) is 12.7. The summed E-state index contributed by atoms with van der Waals surface area (Å²) in [5.74, 6) is 0. The van der Waals surface area contributed by atoms with Crippen LogP contribution in [0.1, 0.15) is 0 Å². The van der Waals surface area contributed by atoms with Crippen molar-refractivity contribution in [2.75, 3.05) is 4.72 Å². The molecule has 0 saturated heterocycles. The average molecular weight is 309 g/mol. The van der Waals surface area contributed by atoms with Crippen LogP contribution in [0.4, 0.5) is 5.69 Å². The molecule has 0 saturated carbocycles. The van der Waals surface area contributed by atoms with Gasteiger partial charge in [-0.15, -0.1) is 0 Å². The highest BCUT2D eigenvalue weighted by atomic mass is 35.5. The second-order valence-corrected chi connectivity index (χ2v) is 5.75. The Hall–Kier alpha value is -1.29. The Kier molecular flexibility index (Phi) is 3.60.